The molecule has 0 saturated heterocycles. The molecule has 8 heteroatoms. The van der Waals surface area contributed by atoms with Crippen LogP contribution in [0.5, 0.6) is 0 Å². The van der Waals surface area contributed by atoms with E-state index in [0.29, 0.717) is 11.2 Å². The van der Waals surface area contributed by atoms with E-state index in [9.17, 15) is 19.8 Å². The monoisotopic (exact) mass is 341 g/mol. The maximum absolute atomic E-state index is 12.0. The molecule has 0 atom stereocenters. The number of aromatic nitrogens is 2. The maximum atomic E-state index is 12.0. The molecule has 25 heavy (non-hydrogen) atoms. The van der Waals surface area contributed by atoms with Crippen LogP contribution in [-0.2, 0) is 18.0 Å². The Morgan fingerprint density at radius 2 is 1.88 bits per heavy atom. The van der Waals surface area contributed by atoms with E-state index in [1.807, 2.05) is 18.2 Å². The highest BCUT2D eigenvalue weighted by Gasteiger charge is 2.21. The second-order valence-electron chi connectivity index (χ2n) is 5.22. The molecule has 1 aromatic carbocycles. The lowest BCUT2D eigenvalue weighted by Crippen LogP contribution is -2.17. The Labute approximate surface area is 142 Å². The molecule has 0 fully saturated rings. The van der Waals surface area contributed by atoms with Crippen LogP contribution in [0.1, 0.15) is 21.6 Å². The first-order chi connectivity index (χ1) is 12.1. The Hall–Kier alpha value is -3.39. The van der Waals surface area contributed by atoms with Crippen LogP contribution in [0.3, 0.4) is 0 Å². The summed E-state index contributed by atoms with van der Waals surface area (Å²) in [5.41, 5.74) is 1.36. The summed E-state index contributed by atoms with van der Waals surface area (Å²) in [4.78, 5) is 27.4. The number of benzene rings is 1. The molecule has 0 unspecified atom stereocenters. The maximum Gasteiger partial charge on any atom is 0.413 e. The molecule has 3 N–H and O–H groups in total. The molecule has 0 aliphatic carbocycles. The number of ether oxygens (including phenoxy) is 1. The molecule has 2 aromatic heterocycles. The van der Waals surface area contributed by atoms with Crippen LogP contribution in [0.4, 0.5) is 10.6 Å². The van der Waals surface area contributed by atoms with Crippen LogP contribution >= 0.6 is 0 Å². The summed E-state index contributed by atoms with van der Waals surface area (Å²) in [6.45, 7) is -0.178. The van der Waals surface area contributed by atoms with Crippen molar-refractivity contribution in [1.29, 1.82) is 0 Å². The molecule has 0 saturated carbocycles. The van der Waals surface area contributed by atoms with Crippen molar-refractivity contribution >= 4 is 23.5 Å². The molecule has 0 spiro atoms. The van der Waals surface area contributed by atoms with Gasteiger partial charge in [0.25, 0.3) is 0 Å². The third kappa shape index (κ3) is 3.59. The van der Waals surface area contributed by atoms with Gasteiger partial charge in [0.05, 0.1) is 6.61 Å². The van der Waals surface area contributed by atoms with E-state index in [4.69, 9.17) is 4.74 Å². The van der Waals surface area contributed by atoms with Crippen LogP contribution in [0, 0.1) is 0 Å². The molecule has 128 valence electrons. The lowest BCUT2D eigenvalue weighted by Gasteiger charge is -2.08. The second kappa shape index (κ2) is 7.02. The van der Waals surface area contributed by atoms with E-state index in [1.165, 1.54) is 10.6 Å². The number of carboxylic acid groups (broad SMARTS) is 1. The van der Waals surface area contributed by atoms with Gasteiger partial charge in [-0.25, -0.2) is 14.6 Å². The number of imidazole rings is 1. The number of aromatic carboxylic acids is 1. The Morgan fingerprint density at radius 3 is 2.56 bits per heavy atom. The predicted octanol–water partition coefficient (Wildman–Crippen LogP) is 2.27. The fourth-order valence-electron chi connectivity index (χ4n) is 2.31. The number of hydrogen-bond donors (Lipinski definition) is 3. The Morgan fingerprint density at radius 1 is 1.12 bits per heavy atom. The highest BCUT2D eigenvalue weighted by Crippen LogP contribution is 2.20. The first-order valence-corrected chi connectivity index (χ1v) is 7.41. The zero-order valence-corrected chi connectivity index (χ0v) is 13.0. The third-order valence-electron chi connectivity index (χ3n) is 3.50. The summed E-state index contributed by atoms with van der Waals surface area (Å²) < 4.78 is 6.50. The number of fused-ring (bicyclic) bond motifs is 1. The van der Waals surface area contributed by atoms with Crippen LogP contribution < -0.4 is 5.32 Å². The molecule has 3 rings (SSSR count). The van der Waals surface area contributed by atoms with Crippen LogP contribution in [-0.4, -0.2) is 31.7 Å². The topological polar surface area (TPSA) is 113 Å². The van der Waals surface area contributed by atoms with Crippen LogP contribution in [0.25, 0.3) is 5.65 Å². The molecule has 2 heterocycles. The minimum Gasteiger partial charge on any atom is -0.476 e. The van der Waals surface area contributed by atoms with Gasteiger partial charge in [-0.05, 0) is 17.2 Å². The number of nitrogens with one attached hydrogen (secondary N) is 1. The number of hydrogen-bond acceptors (Lipinski definition) is 5. The summed E-state index contributed by atoms with van der Waals surface area (Å²) in [6, 6.07) is 12.3. The van der Waals surface area contributed by atoms with Gasteiger partial charge in [-0.2, -0.15) is 0 Å². The molecule has 8 nitrogen and oxygen atoms in total. The number of aliphatic hydroxyl groups excluding tert-OH is 1. The van der Waals surface area contributed by atoms with Crippen LogP contribution in [0.15, 0.2) is 48.7 Å². The number of carbonyl (C=O) groups excluding carboxylic acids is 1. The molecule has 3 aromatic rings. The summed E-state index contributed by atoms with van der Waals surface area (Å²) in [7, 11) is 0. The fraction of sp³-hybridized carbons (Fsp3) is 0.118. The third-order valence-corrected chi connectivity index (χ3v) is 3.50. The average Bonchev–Trinajstić information content (AvgIpc) is 2.99. The first kappa shape index (κ1) is 16.5. The smallest absolute Gasteiger partial charge is 0.413 e. The zero-order valence-electron chi connectivity index (χ0n) is 13.0. The van der Waals surface area contributed by atoms with E-state index in [2.05, 4.69) is 10.3 Å². The zero-order chi connectivity index (χ0) is 17.8. The van der Waals surface area contributed by atoms with Gasteiger partial charge in [-0.1, -0.05) is 36.4 Å². The Bertz CT molecular complexity index is 921. The summed E-state index contributed by atoms with van der Waals surface area (Å²) in [6.07, 6.45) is 0.698. The van der Waals surface area contributed by atoms with Crippen molar-refractivity contribution < 1.29 is 24.5 Å². The molecule has 0 aliphatic rings. The number of carbonyl (C=O) groups is 2. The van der Waals surface area contributed by atoms with Crippen LogP contribution in [0.2, 0.25) is 0 Å². The Balaban J connectivity index is 1.84. The first-order valence-electron chi connectivity index (χ1n) is 7.41. The lowest BCUT2D eigenvalue weighted by molar-refractivity contribution is 0.0692. The summed E-state index contributed by atoms with van der Waals surface area (Å²) >= 11 is 0. The molecular formula is C17H15N3O5. The van der Waals surface area contributed by atoms with Gasteiger partial charge in [-0.15, -0.1) is 0 Å². The average molecular weight is 341 g/mol. The number of anilines is 1. The normalized spacial score (nSPS) is 10.6. The molecule has 0 aliphatic heterocycles. The minimum absolute atomic E-state index is 0.0316. The van der Waals surface area contributed by atoms with Crippen molar-refractivity contribution in [2.45, 2.75) is 13.2 Å². The van der Waals surface area contributed by atoms with Gasteiger partial charge in [0, 0.05) is 6.20 Å². The molecule has 0 radical (unpaired) electrons. The van der Waals surface area contributed by atoms with Crippen molar-refractivity contribution in [3.8, 4) is 0 Å². The van der Waals surface area contributed by atoms with Gasteiger partial charge in [0.1, 0.15) is 12.3 Å². The number of rotatable bonds is 5. The van der Waals surface area contributed by atoms with Crippen molar-refractivity contribution in [3.63, 3.8) is 0 Å². The highest BCUT2D eigenvalue weighted by molar-refractivity contribution is 5.97. The van der Waals surface area contributed by atoms with Gasteiger partial charge >= 0.3 is 12.1 Å². The fourth-order valence-corrected chi connectivity index (χ4v) is 2.31. The van der Waals surface area contributed by atoms with Crippen molar-refractivity contribution in [2.24, 2.45) is 0 Å². The number of carboxylic acids is 1. The second-order valence-corrected chi connectivity index (χ2v) is 5.22. The number of pyridine rings is 1. The number of amides is 1. The SMILES string of the molecule is O=C(Nc1c(C(=O)O)nc2ccc(CO)cn12)OCc1ccccc1. The van der Waals surface area contributed by atoms with Gasteiger partial charge in [0.15, 0.2) is 11.5 Å². The largest absolute Gasteiger partial charge is 0.476 e. The van der Waals surface area contributed by atoms with E-state index < -0.39 is 12.1 Å². The van der Waals surface area contributed by atoms with Crippen molar-refractivity contribution in [2.75, 3.05) is 5.32 Å². The summed E-state index contributed by atoms with van der Waals surface area (Å²) in [5, 5.41) is 20.9. The number of nitrogens with zero attached hydrogens (tertiary/aromatic N) is 2. The standard InChI is InChI=1S/C17H15N3O5/c21-9-12-6-7-13-18-14(16(22)23)15(20(13)8-12)19-17(24)25-10-11-4-2-1-3-5-11/h1-8,21H,9-10H2,(H,19,24)(H,22,23). The van der Waals surface area contributed by atoms with E-state index in [-0.39, 0.29) is 24.7 Å². The molecule has 0 bridgehead atoms. The van der Waals surface area contributed by atoms with Gasteiger partial charge < -0.3 is 14.9 Å². The van der Waals surface area contributed by atoms with E-state index in [0.717, 1.165) is 5.56 Å². The Kier molecular flexibility index (Phi) is 4.62. The quantitative estimate of drug-likeness (QED) is 0.656. The van der Waals surface area contributed by atoms with Crippen molar-refractivity contribution in [3.05, 3.63) is 65.5 Å². The molecular weight excluding hydrogens is 326 g/mol. The van der Waals surface area contributed by atoms with Gasteiger partial charge in [-0.3, -0.25) is 9.72 Å². The minimum atomic E-state index is -1.28. The van der Waals surface area contributed by atoms with Crippen molar-refractivity contribution in [1.82, 2.24) is 9.38 Å². The highest BCUT2D eigenvalue weighted by atomic mass is 16.5. The van der Waals surface area contributed by atoms with Gasteiger partial charge in [0.2, 0.25) is 0 Å². The van der Waals surface area contributed by atoms with E-state index >= 15 is 0 Å². The lowest BCUT2D eigenvalue weighted by atomic mass is 10.2. The molecule has 1 amide bonds. The number of aliphatic hydroxyl groups is 1. The van der Waals surface area contributed by atoms with E-state index in [1.54, 1.807) is 24.3 Å². The summed E-state index contributed by atoms with van der Waals surface area (Å²) in [5.74, 6) is -1.32. The predicted molar refractivity (Wildman–Crippen MR) is 88.3 cm³/mol.